The van der Waals surface area contributed by atoms with Crippen molar-refractivity contribution in [2.45, 2.75) is 24.1 Å². The van der Waals surface area contributed by atoms with Crippen molar-refractivity contribution in [3.63, 3.8) is 0 Å². The minimum Gasteiger partial charge on any atom is -0.399 e. The van der Waals surface area contributed by atoms with Crippen molar-refractivity contribution in [2.75, 3.05) is 11.5 Å². The van der Waals surface area contributed by atoms with Crippen molar-refractivity contribution in [1.29, 1.82) is 0 Å². The van der Waals surface area contributed by atoms with E-state index in [1.54, 1.807) is 23.9 Å². The van der Waals surface area contributed by atoms with Gasteiger partial charge < -0.3 is 5.73 Å². The molecule has 1 aromatic carbocycles. The predicted octanol–water partition coefficient (Wildman–Crippen LogP) is 4.43. The molecular formula is C12H15N5S2. The lowest BCUT2D eigenvalue weighted by atomic mass is 10.3. The summed E-state index contributed by atoms with van der Waals surface area (Å²) in [7, 11) is 0. The van der Waals surface area contributed by atoms with E-state index in [0.717, 1.165) is 15.8 Å². The quantitative estimate of drug-likeness (QED) is 0.370. The fraction of sp³-hybridized carbons (Fsp3) is 0.333. The Morgan fingerprint density at radius 3 is 2.74 bits per heavy atom. The Bertz CT molecular complexity index is 535. The third kappa shape index (κ3) is 4.60. The first kappa shape index (κ1) is 14.0. The summed E-state index contributed by atoms with van der Waals surface area (Å²) in [6.07, 6.45) is 2.38. The Morgan fingerprint density at radius 2 is 2.00 bits per heavy atom. The number of anilines is 1. The molecule has 0 aliphatic carbocycles. The third-order valence-corrected chi connectivity index (χ3v) is 4.29. The number of rotatable bonds is 6. The summed E-state index contributed by atoms with van der Waals surface area (Å²) < 4.78 is 0.944. The van der Waals surface area contributed by atoms with E-state index in [-0.39, 0.29) is 0 Å². The van der Waals surface area contributed by atoms with Gasteiger partial charge in [0.05, 0.1) is 5.69 Å². The Morgan fingerprint density at radius 1 is 1.21 bits per heavy atom. The summed E-state index contributed by atoms with van der Waals surface area (Å²) >= 11 is 3.18. The molecule has 0 unspecified atom stereocenters. The smallest absolute Gasteiger partial charge is 0.252 e. The highest BCUT2D eigenvalue weighted by Crippen LogP contribution is 2.29. The summed E-state index contributed by atoms with van der Waals surface area (Å²) in [4.78, 5) is 0. The second-order valence-electron chi connectivity index (χ2n) is 3.84. The number of nitrogen functional groups attached to an aromatic ring is 1. The zero-order valence-corrected chi connectivity index (χ0v) is 12.2. The Hall–Kier alpha value is -1.47. The van der Waals surface area contributed by atoms with Crippen molar-refractivity contribution in [3.05, 3.63) is 24.3 Å². The number of unbranched alkanes of at least 4 members (excludes halogenated alkanes) is 1. The number of azo groups is 1. The lowest BCUT2D eigenvalue weighted by molar-refractivity contribution is 0.894. The highest BCUT2D eigenvalue weighted by molar-refractivity contribution is 8.01. The molecule has 0 bridgehead atoms. The summed E-state index contributed by atoms with van der Waals surface area (Å²) in [5.41, 5.74) is 7.07. The van der Waals surface area contributed by atoms with Crippen LogP contribution in [0.1, 0.15) is 19.8 Å². The van der Waals surface area contributed by atoms with Crippen LogP contribution in [-0.4, -0.2) is 16.0 Å². The van der Waals surface area contributed by atoms with Gasteiger partial charge in [-0.15, -0.1) is 20.4 Å². The average Bonchev–Trinajstić information content (AvgIpc) is 2.86. The number of nitrogens with two attached hydrogens (primary N) is 1. The molecule has 5 nitrogen and oxygen atoms in total. The van der Waals surface area contributed by atoms with Crippen molar-refractivity contribution in [3.8, 4) is 0 Å². The van der Waals surface area contributed by atoms with Crippen molar-refractivity contribution in [2.24, 2.45) is 10.2 Å². The number of hydrogen-bond donors (Lipinski definition) is 1. The van der Waals surface area contributed by atoms with Gasteiger partial charge >= 0.3 is 0 Å². The number of aromatic nitrogens is 2. The molecule has 0 fully saturated rings. The molecule has 0 spiro atoms. The van der Waals surface area contributed by atoms with Crippen LogP contribution in [0, 0.1) is 0 Å². The van der Waals surface area contributed by atoms with Gasteiger partial charge in [0.15, 0.2) is 4.34 Å². The molecule has 0 aliphatic heterocycles. The first-order chi connectivity index (χ1) is 9.28. The van der Waals surface area contributed by atoms with Gasteiger partial charge in [-0.25, -0.2) is 0 Å². The Labute approximate surface area is 120 Å². The van der Waals surface area contributed by atoms with Crippen LogP contribution in [0.3, 0.4) is 0 Å². The lowest BCUT2D eigenvalue weighted by Crippen LogP contribution is -1.80. The Balaban J connectivity index is 1.93. The van der Waals surface area contributed by atoms with E-state index in [0.29, 0.717) is 10.8 Å². The molecule has 1 aromatic heterocycles. The van der Waals surface area contributed by atoms with Crippen molar-refractivity contribution >= 4 is 39.6 Å². The van der Waals surface area contributed by atoms with Gasteiger partial charge in [0, 0.05) is 11.4 Å². The van der Waals surface area contributed by atoms with Crippen LogP contribution in [0.4, 0.5) is 16.5 Å². The maximum absolute atomic E-state index is 5.60. The number of thioether (sulfide) groups is 1. The van der Waals surface area contributed by atoms with Gasteiger partial charge in [0.2, 0.25) is 0 Å². The SMILES string of the molecule is CCCCSc1nnc(/N=N/c2ccc(N)cc2)s1. The zero-order valence-electron chi connectivity index (χ0n) is 10.6. The molecule has 0 amide bonds. The molecule has 1 heterocycles. The van der Waals surface area contributed by atoms with E-state index in [1.165, 1.54) is 24.2 Å². The fourth-order valence-electron chi connectivity index (χ4n) is 1.25. The molecule has 0 atom stereocenters. The van der Waals surface area contributed by atoms with Crippen molar-refractivity contribution in [1.82, 2.24) is 10.2 Å². The highest BCUT2D eigenvalue weighted by atomic mass is 32.2. The van der Waals surface area contributed by atoms with Crippen molar-refractivity contribution < 1.29 is 0 Å². The minimum absolute atomic E-state index is 0.579. The molecule has 0 saturated heterocycles. The number of benzene rings is 1. The van der Waals surface area contributed by atoms with Crippen LogP contribution in [0.2, 0.25) is 0 Å². The van der Waals surface area contributed by atoms with E-state index >= 15 is 0 Å². The van der Waals surface area contributed by atoms with E-state index in [4.69, 9.17) is 5.73 Å². The van der Waals surface area contributed by atoms with E-state index < -0.39 is 0 Å². The maximum atomic E-state index is 5.60. The van der Waals surface area contributed by atoms with Crippen LogP contribution in [0.5, 0.6) is 0 Å². The molecule has 2 aromatic rings. The molecule has 2 N–H and O–H groups in total. The minimum atomic E-state index is 0.579. The second-order valence-corrected chi connectivity index (χ2v) is 6.14. The predicted molar refractivity (Wildman–Crippen MR) is 80.6 cm³/mol. The first-order valence-electron chi connectivity index (χ1n) is 6.01. The number of hydrogen-bond acceptors (Lipinski definition) is 7. The molecule has 0 radical (unpaired) electrons. The van der Waals surface area contributed by atoms with E-state index in [9.17, 15) is 0 Å². The zero-order chi connectivity index (χ0) is 13.5. The van der Waals surface area contributed by atoms with E-state index in [1.807, 2.05) is 12.1 Å². The van der Waals surface area contributed by atoms with Crippen LogP contribution in [0.25, 0.3) is 0 Å². The van der Waals surface area contributed by atoms with Crippen LogP contribution >= 0.6 is 23.1 Å². The molecule has 7 heteroatoms. The molecular weight excluding hydrogens is 278 g/mol. The fourth-order valence-corrected chi connectivity index (χ4v) is 3.06. The maximum Gasteiger partial charge on any atom is 0.252 e. The molecule has 19 heavy (non-hydrogen) atoms. The molecule has 2 rings (SSSR count). The van der Waals surface area contributed by atoms with Gasteiger partial charge in [-0.3, -0.25) is 0 Å². The van der Waals surface area contributed by atoms with Gasteiger partial charge in [-0.05, 0) is 30.7 Å². The number of nitrogens with zero attached hydrogens (tertiary/aromatic N) is 4. The molecule has 100 valence electrons. The summed E-state index contributed by atoms with van der Waals surface area (Å²) in [5, 5.41) is 16.8. The molecule has 0 saturated carbocycles. The van der Waals surface area contributed by atoms with Gasteiger partial charge in [0.25, 0.3) is 5.13 Å². The third-order valence-electron chi connectivity index (χ3n) is 2.26. The topological polar surface area (TPSA) is 76.5 Å². The van der Waals surface area contributed by atoms with Crippen LogP contribution in [0.15, 0.2) is 38.8 Å². The standard InChI is InChI=1S/C12H15N5S2/c1-2-3-8-18-12-17-16-11(19-12)15-14-10-6-4-9(13)5-7-10/h4-7H,2-3,8,13H2,1H3/b15-14+. The summed E-state index contributed by atoms with van der Waals surface area (Å²) in [6.45, 7) is 2.17. The first-order valence-corrected chi connectivity index (χ1v) is 7.81. The second kappa shape index (κ2) is 7.20. The van der Waals surface area contributed by atoms with E-state index in [2.05, 4.69) is 27.3 Å². The Kier molecular flexibility index (Phi) is 5.29. The monoisotopic (exact) mass is 293 g/mol. The molecule has 0 aliphatic rings. The normalized spacial score (nSPS) is 11.2. The van der Waals surface area contributed by atoms with Crippen LogP contribution < -0.4 is 5.73 Å². The summed E-state index contributed by atoms with van der Waals surface area (Å²) in [6, 6.07) is 7.22. The lowest BCUT2D eigenvalue weighted by Gasteiger charge is -1.92. The van der Waals surface area contributed by atoms with Gasteiger partial charge in [-0.2, -0.15) is 0 Å². The van der Waals surface area contributed by atoms with Crippen LogP contribution in [-0.2, 0) is 0 Å². The largest absolute Gasteiger partial charge is 0.399 e. The summed E-state index contributed by atoms with van der Waals surface area (Å²) in [5.74, 6) is 1.07. The average molecular weight is 293 g/mol. The highest BCUT2D eigenvalue weighted by Gasteiger charge is 2.03. The van der Waals surface area contributed by atoms with Gasteiger partial charge in [0.1, 0.15) is 0 Å². The van der Waals surface area contributed by atoms with Gasteiger partial charge in [-0.1, -0.05) is 36.4 Å².